The summed E-state index contributed by atoms with van der Waals surface area (Å²) in [5, 5.41) is 7.29. The lowest BCUT2D eigenvalue weighted by molar-refractivity contribution is 0.301. The quantitative estimate of drug-likeness (QED) is 0.844. The molecule has 0 unspecified atom stereocenters. The summed E-state index contributed by atoms with van der Waals surface area (Å²) in [6.45, 7) is 8.96. The van der Waals surface area contributed by atoms with Gasteiger partial charge in [-0.05, 0) is 29.5 Å². The van der Waals surface area contributed by atoms with Gasteiger partial charge in [0.15, 0.2) is 0 Å². The maximum atomic E-state index is 7.29. The zero-order valence-electron chi connectivity index (χ0n) is 11.0. The van der Waals surface area contributed by atoms with E-state index in [1.165, 1.54) is 6.21 Å². The number of aliphatic imine (C=N–C) groups is 1. The second kappa shape index (κ2) is 5.52. The lowest BCUT2D eigenvalue weighted by Gasteiger charge is -2.18. The fourth-order valence-electron chi connectivity index (χ4n) is 2.05. The third-order valence-corrected chi connectivity index (χ3v) is 3.06. The van der Waals surface area contributed by atoms with Gasteiger partial charge < -0.3 is 15.0 Å². The van der Waals surface area contributed by atoms with Crippen molar-refractivity contribution in [1.82, 2.24) is 4.90 Å². The second-order valence-electron chi connectivity index (χ2n) is 4.15. The number of ether oxygens (including phenoxy) is 1. The molecule has 0 aromatic heterocycles. The molecule has 0 atom stereocenters. The van der Waals surface area contributed by atoms with Crippen LogP contribution in [-0.2, 0) is 0 Å². The predicted molar refractivity (Wildman–Crippen MR) is 79.1 cm³/mol. The molecule has 4 nitrogen and oxygen atoms in total. The molecule has 0 fully saturated rings. The molecular weight excluding hydrogens is 238 g/mol. The molecule has 1 aliphatic rings. The van der Waals surface area contributed by atoms with Gasteiger partial charge in [-0.25, -0.2) is 0 Å². The highest BCUT2D eigenvalue weighted by molar-refractivity contribution is 6.09. The van der Waals surface area contributed by atoms with Gasteiger partial charge in [-0.3, -0.25) is 4.99 Å². The number of amidine groups is 1. The number of rotatable bonds is 3. The van der Waals surface area contributed by atoms with E-state index in [1.807, 2.05) is 23.1 Å². The summed E-state index contributed by atoms with van der Waals surface area (Å²) < 4.78 is 5.72. The van der Waals surface area contributed by atoms with Gasteiger partial charge in [0.1, 0.15) is 18.2 Å². The SMILES string of the molecule is C=CN1CCOc2ccc(C(=C)C=N)cc2C1=NC. The molecule has 0 aliphatic carbocycles. The lowest BCUT2D eigenvalue weighted by Crippen LogP contribution is -2.27. The van der Waals surface area contributed by atoms with Gasteiger partial charge in [-0.1, -0.05) is 19.2 Å². The molecule has 4 heteroatoms. The Labute approximate surface area is 113 Å². The Morgan fingerprint density at radius 1 is 1.53 bits per heavy atom. The number of hydrogen-bond donors (Lipinski definition) is 1. The maximum Gasteiger partial charge on any atom is 0.138 e. The fraction of sp³-hybridized carbons (Fsp3) is 0.200. The average Bonchev–Trinajstić information content (AvgIpc) is 2.63. The van der Waals surface area contributed by atoms with E-state index in [0.29, 0.717) is 18.7 Å². The van der Waals surface area contributed by atoms with Crippen LogP contribution in [0.5, 0.6) is 5.75 Å². The molecule has 0 radical (unpaired) electrons. The summed E-state index contributed by atoms with van der Waals surface area (Å²) in [5.74, 6) is 1.62. The van der Waals surface area contributed by atoms with E-state index in [-0.39, 0.29) is 0 Å². The fourth-order valence-corrected chi connectivity index (χ4v) is 2.05. The van der Waals surface area contributed by atoms with Crippen molar-refractivity contribution in [1.29, 1.82) is 5.41 Å². The van der Waals surface area contributed by atoms with Crippen LogP contribution < -0.4 is 4.74 Å². The Bertz CT molecular complexity index is 561. The van der Waals surface area contributed by atoms with Gasteiger partial charge in [0.05, 0.1) is 12.1 Å². The summed E-state index contributed by atoms with van der Waals surface area (Å²) in [6, 6.07) is 5.76. The van der Waals surface area contributed by atoms with Gasteiger partial charge >= 0.3 is 0 Å². The van der Waals surface area contributed by atoms with Crippen LogP contribution in [0.4, 0.5) is 0 Å². The maximum absolute atomic E-state index is 7.29. The van der Waals surface area contributed by atoms with E-state index < -0.39 is 0 Å². The largest absolute Gasteiger partial charge is 0.491 e. The minimum absolute atomic E-state index is 0.586. The van der Waals surface area contributed by atoms with Gasteiger partial charge in [0.25, 0.3) is 0 Å². The molecule has 19 heavy (non-hydrogen) atoms. The van der Waals surface area contributed by atoms with Crippen molar-refractivity contribution in [2.75, 3.05) is 20.2 Å². The first-order valence-electron chi connectivity index (χ1n) is 6.04. The minimum atomic E-state index is 0.586. The number of nitrogens with one attached hydrogen (secondary N) is 1. The normalized spacial score (nSPS) is 16.3. The molecule has 1 aliphatic heterocycles. The molecule has 1 aromatic rings. The predicted octanol–water partition coefficient (Wildman–Crippen LogP) is 2.56. The van der Waals surface area contributed by atoms with Gasteiger partial charge in [0.2, 0.25) is 0 Å². The third kappa shape index (κ3) is 2.42. The Kier molecular flexibility index (Phi) is 3.80. The van der Waals surface area contributed by atoms with Gasteiger partial charge in [-0.2, -0.15) is 0 Å². The summed E-state index contributed by atoms with van der Waals surface area (Å²) in [5.41, 5.74) is 2.46. The molecule has 98 valence electrons. The molecule has 1 N–H and O–H groups in total. The van der Waals surface area contributed by atoms with Crippen molar-refractivity contribution in [3.05, 3.63) is 48.7 Å². The van der Waals surface area contributed by atoms with Crippen LogP contribution >= 0.6 is 0 Å². The summed E-state index contributed by atoms with van der Waals surface area (Å²) in [7, 11) is 1.75. The Balaban J connectivity index is 2.56. The first kappa shape index (κ1) is 13.1. The molecule has 1 aromatic carbocycles. The Morgan fingerprint density at radius 2 is 2.32 bits per heavy atom. The molecule has 0 amide bonds. The van der Waals surface area contributed by atoms with Crippen LogP contribution in [0, 0.1) is 5.41 Å². The molecule has 0 saturated carbocycles. The molecule has 0 spiro atoms. The van der Waals surface area contributed by atoms with Crippen molar-refractivity contribution >= 4 is 17.6 Å². The minimum Gasteiger partial charge on any atom is -0.491 e. The molecular formula is C15H17N3O. The van der Waals surface area contributed by atoms with Crippen LogP contribution in [0.3, 0.4) is 0 Å². The number of hydrogen-bond acceptors (Lipinski definition) is 3. The first-order valence-corrected chi connectivity index (χ1v) is 6.04. The van der Waals surface area contributed by atoms with Crippen LogP contribution in [-0.4, -0.2) is 37.1 Å². The molecule has 1 heterocycles. The molecule has 0 bridgehead atoms. The van der Waals surface area contributed by atoms with E-state index in [2.05, 4.69) is 18.2 Å². The van der Waals surface area contributed by atoms with E-state index in [0.717, 1.165) is 22.7 Å². The van der Waals surface area contributed by atoms with E-state index in [1.54, 1.807) is 13.2 Å². The standard InChI is InChI=1S/C15H17N3O/c1-4-18-7-8-19-14-6-5-12(11(2)10-16)9-13(14)15(18)17-3/h4-6,9-10,16H,1-2,7-8H2,3H3. The van der Waals surface area contributed by atoms with Crippen LogP contribution in [0.25, 0.3) is 5.57 Å². The van der Waals surface area contributed by atoms with E-state index >= 15 is 0 Å². The van der Waals surface area contributed by atoms with Crippen LogP contribution in [0.1, 0.15) is 11.1 Å². The van der Waals surface area contributed by atoms with Crippen molar-refractivity contribution in [2.45, 2.75) is 0 Å². The van der Waals surface area contributed by atoms with Gasteiger partial charge in [-0.15, -0.1) is 0 Å². The molecule has 2 rings (SSSR count). The lowest BCUT2D eigenvalue weighted by atomic mass is 10.0. The summed E-state index contributed by atoms with van der Waals surface area (Å²) >= 11 is 0. The number of fused-ring (bicyclic) bond motifs is 1. The van der Waals surface area contributed by atoms with E-state index in [4.69, 9.17) is 10.1 Å². The van der Waals surface area contributed by atoms with Crippen molar-refractivity contribution in [3.63, 3.8) is 0 Å². The molecule has 0 saturated heterocycles. The van der Waals surface area contributed by atoms with Crippen LogP contribution in [0.2, 0.25) is 0 Å². The third-order valence-electron chi connectivity index (χ3n) is 3.06. The number of benzene rings is 1. The zero-order valence-corrected chi connectivity index (χ0v) is 11.0. The topological polar surface area (TPSA) is 48.7 Å². The summed E-state index contributed by atoms with van der Waals surface area (Å²) in [4.78, 5) is 6.29. The summed E-state index contributed by atoms with van der Waals surface area (Å²) in [6.07, 6.45) is 2.99. The average molecular weight is 255 g/mol. The Hall–Kier alpha value is -2.36. The monoisotopic (exact) mass is 255 g/mol. The highest BCUT2D eigenvalue weighted by Crippen LogP contribution is 2.27. The van der Waals surface area contributed by atoms with Crippen LogP contribution in [0.15, 0.2) is 42.5 Å². The number of nitrogens with zero attached hydrogens (tertiary/aromatic N) is 2. The zero-order chi connectivity index (χ0) is 13.8. The van der Waals surface area contributed by atoms with E-state index in [9.17, 15) is 0 Å². The first-order chi connectivity index (χ1) is 9.21. The Morgan fingerprint density at radius 3 is 2.95 bits per heavy atom. The smallest absolute Gasteiger partial charge is 0.138 e. The van der Waals surface area contributed by atoms with Crippen molar-refractivity contribution < 1.29 is 4.74 Å². The second-order valence-corrected chi connectivity index (χ2v) is 4.15. The van der Waals surface area contributed by atoms with Gasteiger partial charge in [0, 0.05) is 13.3 Å². The highest BCUT2D eigenvalue weighted by atomic mass is 16.5. The number of allylic oxidation sites excluding steroid dienone is 1. The van der Waals surface area contributed by atoms with Crippen molar-refractivity contribution in [3.8, 4) is 5.75 Å². The van der Waals surface area contributed by atoms with Crippen molar-refractivity contribution in [2.24, 2.45) is 4.99 Å². The highest BCUT2D eigenvalue weighted by Gasteiger charge is 2.20.